The van der Waals surface area contributed by atoms with Crippen LogP contribution in [0.4, 0.5) is 0 Å². The largest absolute Gasteiger partial charge is 0.479 e. The van der Waals surface area contributed by atoms with Crippen molar-refractivity contribution in [2.75, 3.05) is 20.3 Å². The van der Waals surface area contributed by atoms with Crippen LogP contribution >= 0.6 is 0 Å². The van der Waals surface area contributed by atoms with E-state index in [1.54, 1.807) is 0 Å². The molecule has 0 saturated carbocycles. The predicted molar refractivity (Wildman–Crippen MR) is 44.2 cm³/mol. The lowest BCUT2D eigenvalue weighted by molar-refractivity contribution is -0.175. The standard InChI is InChI=1S/C8H13NO4/c1-6(10)9-4-3-8(9,5-13-2)7(11)12/h3-5H2,1-2H3,(H,11,12). The van der Waals surface area contributed by atoms with Gasteiger partial charge in [0.25, 0.3) is 0 Å². The summed E-state index contributed by atoms with van der Waals surface area (Å²) in [4.78, 5) is 23.3. The van der Waals surface area contributed by atoms with Gasteiger partial charge in [0.05, 0.1) is 6.61 Å². The SMILES string of the molecule is COCC1(C(=O)O)CCN1C(C)=O. The fourth-order valence-corrected chi connectivity index (χ4v) is 1.63. The Morgan fingerprint density at radius 3 is 2.46 bits per heavy atom. The summed E-state index contributed by atoms with van der Waals surface area (Å²) in [6.45, 7) is 1.93. The molecule has 0 aromatic carbocycles. The molecule has 1 unspecified atom stereocenters. The lowest BCUT2D eigenvalue weighted by Crippen LogP contribution is -2.68. The fourth-order valence-electron chi connectivity index (χ4n) is 1.63. The zero-order valence-corrected chi connectivity index (χ0v) is 7.74. The highest BCUT2D eigenvalue weighted by Crippen LogP contribution is 2.31. The molecule has 1 atom stereocenters. The van der Waals surface area contributed by atoms with Gasteiger partial charge < -0.3 is 14.7 Å². The van der Waals surface area contributed by atoms with Crippen molar-refractivity contribution in [1.82, 2.24) is 4.90 Å². The van der Waals surface area contributed by atoms with E-state index in [2.05, 4.69) is 0 Å². The Balaban J connectivity index is 2.80. The second kappa shape index (κ2) is 3.33. The monoisotopic (exact) mass is 187 g/mol. The summed E-state index contributed by atoms with van der Waals surface area (Å²) in [5.41, 5.74) is -1.11. The highest BCUT2D eigenvalue weighted by atomic mass is 16.5. The average Bonchev–Trinajstić information content (AvgIpc) is 1.95. The van der Waals surface area contributed by atoms with E-state index < -0.39 is 11.5 Å². The normalized spacial score (nSPS) is 26.8. The van der Waals surface area contributed by atoms with Crippen molar-refractivity contribution >= 4 is 11.9 Å². The number of carbonyl (C=O) groups is 2. The van der Waals surface area contributed by atoms with Gasteiger partial charge in [-0.3, -0.25) is 4.79 Å². The second-order valence-electron chi connectivity index (χ2n) is 3.19. The van der Waals surface area contributed by atoms with Crippen molar-refractivity contribution in [3.05, 3.63) is 0 Å². The number of methoxy groups -OCH3 is 1. The molecule has 0 aromatic heterocycles. The van der Waals surface area contributed by atoms with Crippen molar-refractivity contribution < 1.29 is 19.4 Å². The number of rotatable bonds is 3. The summed E-state index contributed by atoms with van der Waals surface area (Å²) in [5.74, 6) is -1.21. The highest BCUT2D eigenvalue weighted by Gasteiger charge is 2.52. The first-order valence-corrected chi connectivity index (χ1v) is 4.05. The number of likely N-dealkylation sites (tertiary alicyclic amines) is 1. The summed E-state index contributed by atoms with van der Waals surface area (Å²) < 4.78 is 4.82. The molecule has 0 spiro atoms. The van der Waals surface area contributed by atoms with Crippen LogP contribution in [0.3, 0.4) is 0 Å². The first-order chi connectivity index (χ1) is 6.04. The van der Waals surface area contributed by atoms with E-state index in [0.29, 0.717) is 13.0 Å². The van der Waals surface area contributed by atoms with Gasteiger partial charge in [-0.25, -0.2) is 4.79 Å². The maximum Gasteiger partial charge on any atom is 0.332 e. The van der Waals surface area contributed by atoms with Gasteiger partial charge >= 0.3 is 5.97 Å². The Labute approximate surface area is 76.3 Å². The molecular weight excluding hydrogens is 174 g/mol. The molecular formula is C8H13NO4. The number of nitrogens with zero attached hydrogens (tertiary/aromatic N) is 1. The van der Waals surface area contributed by atoms with Crippen molar-refractivity contribution in [3.8, 4) is 0 Å². The van der Waals surface area contributed by atoms with E-state index in [1.165, 1.54) is 18.9 Å². The van der Waals surface area contributed by atoms with Crippen molar-refractivity contribution in [2.45, 2.75) is 18.9 Å². The van der Waals surface area contributed by atoms with Gasteiger partial charge in [-0.05, 0) is 0 Å². The minimum Gasteiger partial charge on any atom is -0.479 e. The molecule has 0 aromatic rings. The number of hydrogen-bond acceptors (Lipinski definition) is 3. The Morgan fingerprint density at radius 2 is 2.23 bits per heavy atom. The quantitative estimate of drug-likeness (QED) is 0.659. The summed E-state index contributed by atoms with van der Waals surface area (Å²) in [5, 5.41) is 8.96. The van der Waals surface area contributed by atoms with Crippen molar-refractivity contribution in [3.63, 3.8) is 0 Å². The number of amides is 1. The van der Waals surface area contributed by atoms with Gasteiger partial charge in [0.2, 0.25) is 5.91 Å². The summed E-state index contributed by atoms with van der Waals surface area (Å²) in [7, 11) is 1.43. The van der Waals surface area contributed by atoms with Crippen LogP contribution in [-0.4, -0.2) is 47.7 Å². The molecule has 13 heavy (non-hydrogen) atoms. The van der Waals surface area contributed by atoms with Crippen LogP contribution in [-0.2, 0) is 14.3 Å². The molecule has 1 N–H and O–H groups in total. The van der Waals surface area contributed by atoms with Gasteiger partial charge in [0.1, 0.15) is 0 Å². The van der Waals surface area contributed by atoms with E-state index >= 15 is 0 Å². The van der Waals surface area contributed by atoms with Gasteiger partial charge in [-0.15, -0.1) is 0 Å². The number of carboxylic acid groups (broad SMARTS) is 1. The van der Waals surface area contributed by atoms with E-state index in [9.17, 15) is 9.59 Å². The Morgan fingerprint density at radius 1 is 1.62 bits per heavy atom. The Kier molecular flexibility index (Phi) is 2.56. The highest BCUT2D eigenvalue weighted by molar-refractivity contribution is 5.88. The van der Waals surface area contributed by atoms with Crippen LogP contribution in [0.2, 0.25) is 0 Å². The number of ether oxygens (including phenoxy) is 1. The molecule has 1 rings (SSSR count). The van der Waals surface area contributed by atoms with Gasteiger partial charge in [0, 0.05) is 27.0 Å². The average molecular weight is 187 g/mol. The van der Waals surface area contributed by atoms with Crippen LogP contribution in [0.25, 0.3) is 0 Å². The lowest BCUT2D eigenvalue weighted by atomic mass is 9.85. The van der Waals surface area contributed by atoms with Crippen molar-refractivity contribution in [2.24, 2.45) is 0 Å². The zero-order valence-electron chi connectivity index (χ0n) is 7.74. The lowest BCUT2D eigenvalue weighted by Gasteiger charge is -2.48. The number of hydrogen-bond donors (Lipinski definition) is 1. The molecule has 5 nitrogen and oxygen atoms in total. The smallest absolute Gasteiger partial charge is 0.332 e. The Hall–Kier alpha value is -1.10. The zero-order chi connectivity index (χ0) is 10.1. The maximum absolute atomic E-state index is 11.0. The minimum atomic E-state index is -1.11. The molecule has 1 amide bonds. The Bertz CT molecular complexity index is 240. The van der Waals surface area contributed by atoms with E-state index in [-0.39, 0.29) is 12.5 Å². The number of carboxylic acids is 1. The van der Waals surface area contributed by atoms with Crippen LogP contribution in [0.5, 0.6) is 0 Å². The predicted octanol–water partition coefficient (Wildman–Crippen LogP) is -0.292. The molecule has 1 fully saturated rings. The molecule has 1 heterocycles. The van der Waals surface area contributed by atoms with Crippen LogP contribution in [0.1, 0.15) is 13.3 Å². The molecule has 0 bridgehead atoms. The van der Waals surface area contributed by atoms with Crippen LogP contribution < -0.4 is 0 Å². The molecule has 74 valence electrons. The first-order valence-electron chi connectivity index (χ1n) is 4.05. The van der Waals surface area contributed by atoms with E-state index in [4.69, 9.17) is 9.84 Å². The van der Waals surface area contributed by atoms with Gasteiger partial charge in [-0.2, -0.15) is 0 Å². The maximum atomic E-state index is 11.0. The molecule has 0 aliphatic carbocycles. The van der Waals surface area contributed by atoms with Crippen LogP contribution in [0, 0.1) is 0 Å². The van der Waals surface area contributed by atoms with E-state index in [1.807, 2.05) is 0 Å². The second-order valence-corrected chi connectivity index (χ2v) is 3.19. The van der Waals surface area contributed by atoms with Crippen LogP contribution in [0.15, 0.2) is 0 Å². The molecule has 0 radical (unpaired) electrons. The summed E-state index contributed by atoms with van der Waals surface area (Å²) in [6.07, 6.45) is 0.468. The fraction of sp³-hybridized carbons (Fsp3) is 0.750. The topological polar surface area (TPSA) is 66.8 Å². The van der Waals surface area contributed by atoms with Crippen molar-refractivity contribution in [1.29, 1.82) is 0 Å². The summed E-state index contributed by atoms with van der Waals surface area (Å²) >= 11 is 0. The minimum absolute atomic E-state index is 0.0575. The first kappa shape index (κ1) is 9.98. The van der Waals surface area contributed by atoms with Gasteiger partial charge in [0.15, 0.2) is 5.54 Å². The third-order valence-electron chi connectivity index (χ3n) is 2.43. The molecule has 1 aliphatic heterocycles. The summed E-state index contributed by atoms with van der Waals surface area (Å²) in [6, 6.07) is 0. The number of carbonyl (C=O) groups excluding carboxylic acids is 1. The van der Waals surface area contributed by atoms with Gasteiger partial charge in [-0.1, -0.05) is 0 Å². The molecule has 1 saturated heterocycles. The van der Waals surface area contributed by atoms with E-state index in [0.717, 1.165) is 0 Å². The third-order valence-corrected chi connectivity index (χ3v) is 2.43. The number of aliphatic carboxylic acids is 1. The molecule has 1 aliphatic rings. The molecule has 5 heteroatoms. The third kappa shape index (κ3) is 1.39.